The minimum atomic E-state index is -4.44. The highest BCUT2D eigenvalue weighted by molar-refractivity contribution is 5.89. The quantitative estimate of drug-likeness (QED) is 0.148. The lowest BCUT2D eigenvalue weighted by molar-refractivity contribution is -0.241. The molecule has 188 valence electrons. The van der Waals surface area contributed by atoms with Gasteiger partial charge in [-0.15, -0.1) is 0 Å². The summed E-state index contributed by atoms with van der Waals surface area (Å²) in [5.41, 5.74) is 1.43. The third-order valence-electron chi connectivity index (χ3n) is 5.51. The molecule has 0 heterocycles. The van der Waals surface area contributed by atoms with Gasteiger partial charge in [-0.3, -0.25) is 4.89 Å². The molecule has 0 spiro atoms. The van der Waals surface area contributed by atoms with Gasteiger partial charge in [-0.05, 0) is 41.7 Å². The molecule has 7 heteroatoms. The van der Waals surface area contributed by atoms with E-state index in [4.69, 9.17) is 14.5 Å². The molecule has 0 aliphatic carbocycles. The van der Waals surface area contributed by atoms with Crippen LogP contribution in [0.1, 0.15) is 80.6 Å². The number of hydrogen-bond donors (Lipinski definition) is 0. The van der Waals surface area contributed by atoms with Crippen LogP contribution in [0.15, 0.2) is 48.5 Å². The molecule has 2 rings (SSSR count). The second-order valence-corrected chi connectivity index (χ2v) is 8.29. The van der Waals surface area contributed by atoms with Crippen LogP contribution in [0.25, 0.3) is 11.1 Å². The zero-order chi connectivity index (χ0) is 24.8. The lowest BCUT2D eigenvalue weighted by atomic mass is 9.90. The molecule has 0 saturated heterocycles. The fourth-order valence-corrected chi connectivity index (χ4v) is 3.64. The molecule has 0 amide bonds. The van der Waals surface area contributed by atoms with E-state index >= 15 is 0 Å². The Labute approximate surface area is 200 Å². The van der Waals surface area contributed by atoms with Crippen molar-refractivity contribution < 1.29 is 32.5 Å². The number of alkyl halides is 3. The summed E-state index contributed by atoms with van der Waals surface area (Å²) in [7, 11) is 0. The predicted octanol–water partition coefficient (Wildman–Crippen LogP) is 7.88. The van der Waals surface area contributed by atoms with Crippen molar-refractivity contribution >= 4 is 5.97 Å². The largest absolute Gasteiger partial charge is 0.397 e. The van der Waals surface area contributed by atoms with Crippen molar-refractivity contribution in [3.05, 3.63) is 59.7 Å². The first kappa shape index (κ1) is 27.9. The van der Waals surface area contributed by atoms with E-state index in [1.165, 1.54) is 37.5 Å². The average Bonchev–Trinajstić information content (AvgIpc) is 2.83. The number of carbonyl (C=O) groups is 1. The molecule has 1 unspecified atom stereocenters. The molecule has 0 fully saturated rings. The molecule has 1 atom stereocenters. The van der Waals surface area contributed by atoms with Gasteiger partial charge in [-0.25, -0.2) is 4.79 Å². The Balaban J connectivity index is 2.01. The molecule has 2 aromatic carbocycles. The van der Waals surface area contributed by atoms with E-state index in [1.807, 2.05) is 6.92 Å². The maximum atomic E-state index is 13.8. The van der Waals surface area contributed by atoms with Crippen LogP contribution in [0.5, 0.6) is 0 Å². The summed E-state index contributed by atoms with van der Waals surface area (Å²) in [4.78, 5) is 22.1. The van der Waals surface area contributed by atoms with Crippen LogP contribution in [0.3, 0.4) is 0 Å². The van der Waals surface area contributed by atoms with Crippen molar-refractivity contribution in [2.75, 3.05) is 19.8 Å². The van der Waals surface area contributed by atoms with Gasteiger partial charge in [0.05, 0.1) is 18.8 Å². The molecule has 0 N–H and O–H groups in total. The van der Waals surface area contributed by atoms with Gasteiger partial charge in [0.1, 0.15) is 5.92 Å². The van der Waals surface area contributed by atoms with Crippen molar-refractivity contribution in [2.24, 2.45) is 0 Å². The summed E-state index contributed by atoms with van der Waals surface area (Å²) in [6, 6.07) is 12.7. The summed E-state index contributed by atoms with van der Waals surface area (Å²) in [5, 5.41) is 0. The predicted molar refractivity (Wildman–Crippen MR) is 127 cm³/mol. The van der Waals surface area contributed by atoms with Crippen LogP contribution < -0.4 is 0 Å². The normalized spacial score (nSPS) is 12.5. The molecule has 0 aromatic heterocycles. The molecule has 0 bridgehead atoms. The van der Waals surface area contributed by atoms with Crippen molar-refractivity contribution in [1.29, 1.82) is 0 Å². The number of ether oxygens (including phenoxy) is 1. The summed E-state index contributed by atoms with van der Waals surface area (Å²) in [6.07, 6.45) is 2.78. The van der Waals surface area contributed by atoms with Crippen LogP contribution in [0, 0.1) is 0 Å². The topological polar surface area (TPSA) is 44.8 Å². The van der Waals surface area contributed by atoms with Crippen LogP contribution in [-0.4, -0.2) is 32.0 Å². The molecular weight excluding hydrogens is 445 g/mol. The van der Waals surface area contributed by atoms with E-state index in [0.717, 1.165) is 19.3 Å². The molecule has 34 heavy (non-hydrogen) atoms. The smallest absolute Gasteiger partial charge is 0.380 e. The first-order chi connectivity index (χ1) is 16.4. The zero-order valence-electron chi connectivity index (χ0n) is 20.0. The number of halogens is 3. The lowest BCUT2D eigenvalue weighted by Gasteiger charge is -2.23. The van der Waals surface area contributed by atoms with Crippen LogP contribution >= 0.6 is 0 Å². The second kappa shape index (κ2) is 14.8. The Morgan fingerprint density at radius 1 is 0.853 bits per heavy atom. The average molecular weight is 481 g/mol. The summed E-state index contributed by atoms with van der Waals surface area (Å²) in [5.74, 6) is -2.37. The van der Waals surface area contributed by atoms with E-state index in [0.29, 0.717) is 24.2 Å². The van der Waals surface area contributed by atoms with Gasteiger partial charge in [-0.2, -0.15) is 18.1 Å². The summed E-state index contributed by atoms with van der Waals surface area (Å²) < 4.78 is 46.6. The van der Waals surface area contributed by atoms with Crippen molar-refractivity contribution in [1.82, 2.24) is 0 Å². The fourth-order valence-electron chi connectivity index (χ4n) is 3.64. The second-order valence-electron chi connectivity index (χ2n) is 8.29. The van der Waals surface area contributed by atoms with E-state index < -0.39 is 24.7 Å². The maximum Gasteiger partial charge on any atom is 0.397 e. The van der Waals surface area contributed by atoms with Crippen LogP contribution in [-0.2, 0) is 14.5 Å². The molecule has 0 saturated carbocycles. The molecular formula is C27H35F3O4. The first-order valence-electron chi connectivity index (χ1n) is 12.1. The first-order valence-corrected chi connectivity index (χ1v) is 12.1. The number of benzene rings is 2. The minimum Gasteiger partial charge on any atom is -0.380 e. The highest BCUT2D eigenvalue weighted by Gasteiger charge is 2.42. The van der Waals surface area contributed by atoms with E-state index in [2.05, 4.69) is 6.92 Å². The fraction of sp³-hybridized carbons (Fsp3) is 0.519. The molecule has 2 aromatic rings. The lowest BCUT2D eigenvalue weighted by Crippen LogP contribution is -2.26. The Kier molecular flexibility index (Phi) is 12.1. The Hall–Kier alpha value is -2.38. The van der Waals surface area contributed by atoms with Crippen molar-refractivity contribution in [3.8, 4) is 11.1 Å². The summed E-state index contributed by atoms with van der Waals surface area (Å²) >= 11 is 0. The number of rotatable bonds is 15. The monoisotopic (exact) mass is 480 g/mol. The van der Waals surface area contributed by atoms with Gasteiger partial charge in [0.2, 0.25) is 0 Å². The standard InChI is InChI=1S/C27H35F3O4/c1-3-5-6-7-8-11-19-33-34-26(31)22-16-14-21(15-17-22)23-12-9-10-13-24(23)25(27(28,29)30)20-32-18-4-2/h9-10,12-17,25H,3-8,11,18-20H2,1-2H3. The molecule has 4 nitrogen and oxygen atoms in total. The van der Waals surface area contributed by atoms with E-state index in [-0.39, 0.29) is 17.7 Å². The minimum absolute atomic E-state index is 0.142. The van der Waals surface area contributed by atoms with Gasteiger partial charge in [-0.1, -0.05) is 82.3 Å². The molecule has 0 radical (unpaired) electrons. The Morgan fingerprint density at radius 3 is 2.21 bits per heavy atom. The van der Waals surface area contributed by atoms with Gasteiger partial charge in [0.15, 0.2) is 0 Å². The third kappa shape index (κ3) is 9.11. The highest BCUT2D eigenvalue weighted by Crippen LogP contribution is 2.39. The van der Waals surface area contributed by atoms with Crippen molar-refractivity contribution in [3.63, 3.8) is 0 Å². The van der Waals surface area contributed by atoms with Gasteiger partial charge in [0.25, 0.3) is 0 Å². The highest BCUT2D eigenvalue weighted by atomic mass is 19.4. The number of unbranched alkanes of at least 4 members (excludes halogenated alkanes) is 5. The molecule has 0 aliphatic heterocycles. The third-order valence-corrected chi connectivity index (χ3v) is 5.51. The SMILES string of the molecule is CCCCCCCCOOC(=O)c1ccc(-c2ccccc2C(COCCC)C(F)(F)F)cc1. The van der Waals surface area contributed by atoms with Gasteiger partial charge in [0, 0.05) is 6.61 Å². The Morgan fingerprint density at radius 2 is 1.53 bits per heavy atom. The Bertz CT molecular complexity index is 850. The molecule has 0 aliphatic rings. The van der Waals surface area contributed by atoms with Gasteiger partial charge < -0.3 is 4.74 Å². The zero-order valence-corrected chi connectivity index (χ0v) is 20.0. The van der Waals surface area contributed by atoms with E-state index in [1.54, 1.807) is 30.3 Å². The summed E-state index contributed by atoms with van der Waals surface area (Å²) in [6.45, 7) is 4.18. The van der Waals surface area contributed by atoms with Gasteiger partial charge >= 0.3 is 12.1 Å². The van der Waals surface area contributed by atoms with Crippen molar-refractivity contribution in [2.45, 2.75) is 70.9 Å². The number of hydrogen-bond acceptors (Lipinski definition) is 4. The van der Waals surface area contributed by atoms with Crippen LogP contribution in [0.2, 0.25) is 0 Å². The van der Waals surface area contributed by atoms with E-state index in [9.17, 15) is 18.0 Å². The van der Waals surface area contributed by atoms with Crippen LogP contribution in [0.4, 0.5) is 13.2 Å². The maximum absolute atomic E-state index is 13.8. The number of carbonyl (C=O) groups excluding carboxylic acids is 1.